The van der Waals surface area contributed by atoms with Crippen LogP contribution in [0.4, 0.5) is 0 Å². The molecule has 0 saturated heterocycles. The Morgan fingerprint density at radius 3 is 2.50 bits per heavy atom. The van der Waals surface area contributed by atoms with Crippen molar-refractivity contribution in [2.45, 2.75) is 33.7 Å². The van der Waals surface area contributed by atoms with Crippen molar-refractivity contribution in [3.05, 3.63) is 92.9 Å². The van der Waals surface area contributed by atoms with E-state index in [0.717, 1.165) is 35.4 Å². The summed E-state index contributed by atoms with van der Waals surface area (Å²) in [6.07, 6.45) is 0.902. The van der Waals surface area contributed by atoms with Crippen LogP contribution in [-0.4, -0.2) is 21.9 Å². The van der Waals surface area contributed by atoms with E-state index in [9.17, 15) is 4.79 Å². The first kappa shape index (κ1) is 22.4. The summed E-state index contributed by atoms with van der Waals surface area (Å²) in [5.74, 6) is 0.275. The Hall–Kier alpha value is -2.82. The molecule has 4 nitrogen and oxygen atoms in total. The number of hydrogen-bond acceptors (Lipinski definition) is 3. The van der Waals surface area contributed by atoms with Gasteiger partial charge in [0.15, 0.2) is 12.4 Å². The standard InChI is InChI=1S/C26H24Cl2N2O2/c1-16-9-10-20-22(27)14-23(28)26(25(20)29-16)32-15-24(31)21-13-17(2)30(18(21)3)12-11-19-7-5-4-6-8-19/h4-10,13-14H,11-12,15H2,1-3H3. The number of pyridine rings is 1. The fourth-order valence-corrected chi connectivity index (χ4v) is 4.53. The predicted octanol–water partition coefficient (Wildman–Crippen LogP) is 6.77. The molecule has 0 unspecified atom stereocenters. The van der Waals surface area contributed by atoms with E-state index >= 15 is 0 Å². The molecule has 2 heterocycles. The maximum absolute atomic E-state index is 13.0. The van der Waals surface area contributed by atoms with E-state index < -0.39 is 0 Å². The predicted molar refractivity (Wildman–Crippen MR) is 130 cm³/mol. The highest BCUT2D eigenvalue weighted by Crippen LogP contribution is 2.37. The van der Waals surface area contributed by atoms with Gasteiger partial charge in [-0.25, -0.2) is 4.98 Å². The van der Waals surface area contributed by atoms with Crippen molar-refractivity contribution >= 4 is 39.9 Å². The zero-order valence-electron chi connectivity index (χ0n) is 18.3. The van der Waals surface area contributed by atoms with Crippen molar-refractivity contribution < 1.29 is 9.53 Å². The number of fused-ring (bicyclic) bond motifs is 1. The van der Waals surface area contributed by atoms with Gasteiger partial charge in [0.2, 0.25) is 5.78 Å². The van der Waals surface area contributed by atoms with E-state index in [4.69, 9.17) is 27.9 Å². The van der Waals surface area contributed by atoms with Crippen molar-refractivity contribution in [3.63, 3.8) is 0 Å². The Morgan fingerprint density at radius 2 is 1.75 bits per heavy atom. The third-order valence-corrected chi connectivity index (χ3v) is 6.26. The van der Waals surface area contributed by atoms with Crippen LogP contribution in [0.3, 0.4) is 0 Å². The van der Waals surface area contributed by atoms with Crippen molar-refractivity contribution in [3.8, 4) is 5.75 Å². The van der Waals surface area contributed by atoms with Gasteiger partial charge in [-0.05, 0) is 57.0 Å². The third-order valence-electron chi connectivity index (χ3n) is 5.67. The number of nitrogens with zero attached hydrogens (tertiary/aromatic N) is 2. The molecule has 164 valence electrons. The summed E-state index contributed by atoms with van der Waals surface area (Å²) in [5, 5.41) is 1.57. The maximum Gasteiger partial charge on any atom is 0.202 e. The minimum Gasteiger partial charge on any atom is -0.482 e. The molecule has 2 aromatic heterocycles. The van der Waals surface area contributed by atoms with E-state index in [2.05, 4.69) is 21.7 Å². The lowest BCUT2D eigenvalue weighted by molar-refractivity contribution is 0.0922. The van der Waals surface area contributed by atoms with Gasteiger partial charge in [0.05, 0.1) is 10.0 Å². The second kappa shape index (κ2) is 9.35. The number of aryl methyl sites for hydroxylation is 3. The van der Waals surface area contributed by atoms with Crippen LogP contribution >= 0.6 is 23.2 Å². The van der Waals surface area contributed by atoms with Crippen LogP contribution in [-0.2, 0) is 13.0 Å². The molecule has 0 fully saturated rings. The van der Waals surface area contributed by atoms with E-state index in [1.807, 2.05) is 57.2 Å². The molecule has 4 aromatic rings. The zero-order chi connectivity index (χ0) is 22.8. The number of benzene rings is 2. The molecule has 0 amide bonds. The van der Waals surface area contributed by atoms with Crippen LogP contribution in [0, 0.1) is 20.8 Å². The normalized spacial score (nSPS) is 11.2. The first-order chi connectivity index (χ1) is 15.3. The van der Waals surface area contributed by atoms with Crippen LogP contribution < -0.4 is 4.74 Å². The highest BCUT2D eigenvalue weighted by atomic mass is 35.5. The number of Topliss-reactive ketones (excluding diaryl/α,β-unsaturated/α-hetero) is 1. The fraction of sp³-hybridized carbons (Fsp3) is 0.231. The Bertz CT molecular complexity index is 1300. The van der Waals surface area contributed by atoms with Crippen LogP contribution in [0.15, 0.2) is 54.6 Å². The topological polar surface area (TPSA) is 44.1 Å². The van der Waals surface area contributed by atoms with Crippen LogP contribution in [0.5, 0.6) is 5.75 Å². The fourth-order valence-electron chi connectivity index (χ4n) is 3.96. The molecule has 0 aliphatic heterocycles. The number of ether oxygens (including phenoxy) is 1. The average Bonchev–Trinajstić information content (AvgIpc) is 3.06. The van der Waals surface area contributed by atoms with Crippen molar-refractivity contribution in [2.24, 2.45) is 0 Å². The maximum atomic E-state index is 13.0. The molecule has 0 atom stereocenters. The number of ketones is 1. The lowest BCUT2D eigenvalue weighted by Gasteiger charge is -2.12. The number of carbonyl (C=O) groups excluding carboxylic acids is 1. The molecule has 0 saturated carbocycles. The molecule has 0 N–H and O–H groups in total. The van der Waals surface area contributed by atoms with Gasteiger partial charge in [-0.3, -0.25) is 4.79 Å². The van der Waals surface area contributed by atoms with E-state index in [-0.39, 0.29) is 12.4 Å². The lowest BCUT2D eigenvalue weighted by Crippen LogP contribution is -2.14. The number of carbonyl (C=O) groups is 1. The molecule has 0 aliphatic carbocycles. The van der Waals surface area contributed by atoms with Gasteiger partial charge >= 0.3 is 0 Å². The monoisotopic (exact) mass is 466 g/mol. The SMILES string of the molecule is Cc1ccc2c(Cl)cc(Cl)c(OCC(=O)c3cc(C)n(CCc4ccccc4)c3C)c2n1. The molecule has 0 spiro atoms. The molecule has 2 aromatic carbocycles. The first-order valence-corrected chi connectivity index (χ1v) is 11.2. The smallest absolute Gasteiger partial charge is 0.202 e. The summed E-state index contributed by atoms with van der Waals surface area (Å²) >= 11 is 12.7. The summed E-state index contributed by atoms with van der Waals surface area (Å²) in [5.41, 5.74) is 5.29. The van der Waals surface area contributed by atoms with Gasteiger partial charge in [-0.1, -0.05) is 53.5 Å². The summed E-state index contributed by atoms with van der Waals surface area (Å²) in [6.45, 7) is 6.56. The zero-order valence-corrected chi connectivity index (χ0v) is 19.8. The Balaban J connectivity index is 1.54. The second-order valence-corrected chi connectivity index (χ2v) is 8.72. The van der Waals surface area contributed by atoms with Crippen molar-refractivity contribution in [2.75, 3.05) is 6.61 Å². The lowest BCUT2D eigenvalue weighted by atomic mass is 10.1. The van der Waals surface area contributed by atoms with E-state index in [0.29, 0.717) is 26.9 Å². The van der Waals surface area contributed by atoms with Crippen molar-refractivity contribution in [1.82, 2.24) is 9.55 Å². The number of rotatable bonds is 7. The Morgan fingerprint density at radius 1 is 1.00 bits per heavy atom. The second-order valence-electron chi connectivity index (χ2n) is 7.90. The molecule has 4 rings (SSSR count). The van der Waals surface area contributed by atoms with Gasteiger partial charge in [0.25, 0.3) is 0 Å². The minimum atomic E-state index is -0.130. The molecule has 32 heavy (non-hydrogen) atoms. The molecule has 0 aliphatic rings. The highest BCUT2D eigenvalue weighted by Gasteiger charge is 2.19. The summed E-state index contributed by atoms with van der Waals surface area (Å²) in [6, 6.07) is 17.6. The summed E-state index contributed by atoms with van der Waals surface area (Å²) in [4.78, 5) is 17.6. The van der Waals surface area contributed by atoms with Gasteiger partial charge in [-0.15, -0.1) is 0 Å². The minimum absolute atomic E-state index is 0.101. The number of aromatic nitrogens is 2. The molecule has 0 radical (unpaired) electrons. The van der Waals surface area contributed by atoms with Crippen molar-refractivity contribution in [1.29, 1.82) is 0 Å². The number of halogens is 2. The molecule has 0 bridgehead atoms. The van der Waals surface area contributed by atoms with Gasteiger partial charge < -0.3 is 9.30 Å². The largest absolute Gasteiger partial charge is 0.482 e. The first-order valence-electron chi connectivity index (χ1n) is 10.5. The summed E-state index contributed by atoms with van der Waals surface area (Å²) < 4.78 is 8.07. The Labute approximate surface area is 197 Å². The highest BCUT2D eigenvalue weighted by molar-refractivity contribution is 6.39. The van der Waals surface area contributed by atoms with E-state index in [1.165, 1.54) is 5.56 Å². The van der Waals surface area contributed by atoms with Gasteiger partial charge in [0.1, 0.15) is 5.52 Å². The molecule has 6 heteroatoms. The molecular weight excluding hydrogens is 443 g/mol. The quantitative estimate of drug-likeness (QED) is 0.282. The van der Waals surface area contributed by atoms with Crippen LogP contribution in [0.1, 0.15) is 33.0 Å². The summed E-state index contributed by atoms with van der Waals surface area (Å²) in [7, 11) is 0. The third kappa shape index (κ3) is 4.52. The molecular formula is C26H24Cl2N2O2. The van der Waals surface area contributed by atoms with E-state index in [1.54, 1.807) is 6.07 Å². The van der Waals surface area contributed by atoms with Gasteiger partial charge in [-0.2, -0.15) is 0 Å². The average molecular weight is 467 g/mol. The Kier molecular flexibility index (Phi) is 6.54. The van der Waals surface area contributed by atoms with Crippen LogP contribution in [0.2, 0.25) is 10.0 Å². The van der Waals surface area contributed by atoms with Gasteiger partial charge in [0, 0.05) is 34.6 Å². The van der Waals surface area contributed by atoms with Crippen LogP contribution in [0.25, 0.3) is 10.9 Å². The number of hydrogen-bond donors (Lipinski definition) is 0.